The lowest BCUT2D eigenvalue weighted by molar-refractivity contribution is 0.0642. The summed E-state index contributed by atoms with van der Waals surface area (Å²) in [4.78, 5) is 20.4. The monoisotopic (exact) mass is 535 g/mol. The van der Waals surface area contributed by atoms with E-state index in [-0.39, 0.29) is 18.7 Å². The number of anilines is 1. The van der Waals surface area contributed by atoms with Crippen LogP contribution in [0.3, 0.4) is 0 Å². The van der Waals surface area contributed by atoms with Gasteiger partial charge in [-0.15, -0.1) is 0 Å². The zero-order valence-electron chi connectivity index (χ0n) is 22.2. The molecule has 0 saturated heterocycles. The first-order chi connectivity index (χ1) is 18.1. The fraction of sp³-hybridized carbons (Fsp3) is 0.345. The van der Waals surface area contributed by atoms with Gasteiger partial charge in [0.1, 0.15) is 5.60 Å². The molecule has 0 radical (unpaired) electrons. The number of hydrogen-bond donors (Lipinski definition) is 1. The van der Waals surface area contributed by atoms with Crippen molar-refractivity contribution in [2.75, 3.05) is 18.2 Å². The Balaban J connectivity index is 1.46. The number of fused-ring (bicyclic) bond motifs is 2. The molecule has 1 unspecified atom stereocenters. The van der Waals surface area contributed by atoms with E-state index in [0.717, 1.165) is 12.0 Å². The first-order valence-corrected chi connectivity index (χ1v) is 14.5. The second kappa shape index (κ2) is 9.96. The van der Waals surface area contributed by atoms with Crippen LogP contribution in [0.25, 0.3) is 0 Å². The normalized spacial score (nSPS) is 18.7. The molecular weight excluding hydrogens is 502 g/mol. The van der Waals surface area contributed by atoms with Crippen molar-refractivity contribution < 1.29 is 23.2 Å². The Kier molecular flexibility index (Phi) is 6.83. The van der Waals surface area contributed by atoms with Crippen molar-refractivity contribution in [2.24, 2.45) is 0 Å². The number of nitrogens with zero attached hydrogens (tertiary/aromatic N) is 2. The minimum absolute atomic E-state index is 0.163. The summed E-state index contributed by atoms with van der Waals surface area (Å²) >= 11 is 0. The Morgan fingerprint density at radius 3 is 2.58 bits per heavy atom. The summed E-state index contributed by atoms with van der Waals surface area (Å²) in [5, 5.41) is 0. The van der Waals surface area contributed by atoms with E-state index in [4.69, 9.17) is 14.2 Å². The van der Waals surface area contributed by atoms with Crippen LogP contribution in [-0.2, 0) is 16.1 Å². The van der Waals surface area contributed by atoms with Crippen LogP contribution in [0.2, 0.25) is 0 Å². The quantitative estimate of drug-likeness (QED) is 0.432. The maximum atomic E-state index is 13.7. The first kappa shape index (κ1) is 26.1. The number of nitrogens with one attached hydrogen (secondary N) is 1. The van der Waals surface area contributed by atoms with E-state index < -0.39 is 15.3 Å². The molecule has 2 aliphatic heterocycles. The highest BCUT2D eigenvalue weighted by molar-refractivity contribution is 7.98. The molecular formula is C29H33N3O5S. The van der Waals surface area contributed by atoms with Gasteiger partial charge in [0.2, 0.25) is 12.7 Å². The third-order valence-corrected chi connectivity index (χ3v) is 8.54. The van der Waals surface area contributed by atoms with Gasteiger partial charge in [0.15, 0.2) is 11.5 Å². The van der Waals surface area contributed by atoms with Crippen molar-refractivity contribution >= 4 is 27.2 Å². The van der Waals surface area contributed by atoms with Gasteiger partial charge in [-0.3, -0.25) is 4.79 Å². The summed E-state index contributed by atoms with van der Waals surface area (Å²) in [6, 6.07) is 14.5. The van der Waals surface area contributed by atoms with Gasteiger partial charge in [0.25, 0.3) is 5.91 Å². The Bertz CT molecular complexity index is 1470. The number of ether oxygens (including phenoxy) is 3. The zero-order chi connectivity index (χ0) is 27.1. The average Bonchev–Trinajstić information content (AvgIpc) is 3.36. The van der Waals surface area contributed by atoms with Crippen LogP contribution in [0.1, 0.15) is 61.6 Å². The van der Waals surface area contributed by atoms with E-state index in [1.165, 1.54) is 6.20 Å². The molecule has 8 nitrogen and oxygen atoms in total. The molecule has 200 valence electrons. The van der Waals surface area contributed by atoms with Gasteiger partial charge >= 0.3 is 0 Å². The van der Waals surface area contributed by atoms with E-state index in [0.29, 0.717) is 52.1 Å². The lowest BCUT2D eigenvalue weighted by Gasteiger charge is -2.37. The molecule has 0 saturated carbocycles. The van der Waals surface area contributed by atoms with Crippen molar-refractivity contribution in [1.82, 2.24) is 9.71 Å². The van der Waals surface area contributed by atoms with Crippen LogP contribution < -0.4 is 23.8 Å². The molecule has 5 rings (SSSR count). The molecule has 1 amide bonds. The zero-order valence-corrected chi connectivity index (χ0v) is 23.0. The van der Waals surface area contributed by atoms with Crippen LogP contribution in [0, 0.1) is 0 Å². The molecule has 2 aliphatic rings. The predicted molar refractivity (Wildman–Crippen MR) is 149 cm³/mol. The molecule has 38 heavy (non-hydrogen) atoms. The van der Waals surface area contributed by atoms with Crippen LogP contribution >= 0.6 is 0 Å². The number of rotatable bonds is 7. The first-order valence-electron chi connectivity index (χ1n) is 12.7. The van der Waals surface area contributed by atoms with Gasteiger partial charge in [0.05, 0.1) is 21.3 Å². The summed E-state index contributed by atoms with van der Waals surface area (Å²) in [6.45, 7) is 8.52. The van der Waals surface area contributed by atoms with Gasteiger partial charge in [-0.2, -0.15) is 0 Å². The number of benzene rings is 2. The average molecular weight is 536 g/mol. The number of hydrogen-bond acceptors (Lipinski definition) is 6. The number of aryl methyl sites for hydroxylation is 1. The third kappa shape index (κ3) is 5.08. The number of aromatic nitrogens is 1. The third-order valence-electron chi connectivity index (χ3n) is 6.84. The van der Waals surface area contributed by atoms with Gasteiger partial charge < -0.3 is 19.1 Å². The van der Waals surface area contributed by atoms with Crippen molar-refractivity contribution in [3.05, 3.63) is 71.4 Å². The minimum atomic E-state index is -2.84. The second-order valence-corrected chi connectivity index (χ2v) is 12.2. The Labute approximate surface area is 224 Å². The molecule has 0 spiro atoms. The van der Waals surface area contributed by atoms with Crippen LogP contribution in [0.5, 0.6) is 17.4 Å². The van der Waals surface area contributed by atoms with Crippen molar-refractivity contribution in [3.63, 3.8) is 0 Å². The van der Waals surface area contributed by atoms with E-state index >= 15 is 0 Å². The Morgan fingerprint density at radius 2 is 1.87 bits per heavy atom. The number of carbonyl (C=O) groups is 1. The Morgan fingerprint density at radius 1 is 1.13 bits per heavy atom. The number of amides is 1. The molecule has 0 bridgehead atoms. The molecule has 3 aromatic rings. The molecule has 0 fully saturated rings. The lowest BCUT2D eigenvalue weighted by atomic mass is 9.91. The highest BCUT2D eigenvalue weighted by Gasteiger charge is 2.37. The van der Waals surface area contributed by atoms with E-state index in [9.17, 15) is 9.00 Å². The molecule has 9 heteroatoms. The highest BCUT2D eigenvalue weighted by Crippen LogP contribution is 2.40. The maximum Gasteiger partial charge on any atom is 0.259 e. The van der Waals surface area contributed by atoms with Gasteiger partial charge in [-0.1, -0.05) is 19.1 Å². The van der Waals surface area contributed by atoms with Crippen molar-refractivity contribution in [3.8, 4) is 17.4 Å². The summed E-state index contributed by atoms with van der Waals surface area (Å²) in [6.07, 6.45) is 2.95. The Hall–Kier alpha value is -3.56. The highest BCUT2D eigenvalue weighted by atomic mass is 32.2. The molecule has 0 aliphatic carbocycles. The van der Waals surface area contributed by atoms with Crippen molar-refractivity contribution in [2.45, 2.75) is 57.1 Å². The number of carbonyl (C=O) groups excluding carboxylic acids is 1. The lowest BCUT2D eigenvalue weighted by Crippen LogP contribution is -2.42. The molecule has 2 atom stereocenters. The van der Waals surface area contributed by atoms with E-state index in [1.807, 2.05) is 51.1 Å². The van der Waals surface area contributed by atoms with E-state index in [2.05, 4.69) is 22.5 Å². The summed E-state index contributed by atoms with van der Waals surface area (Å²) in [5.41, 5.74) is 2.39. The molecule has 3 heterocycles. The largest absolute Gasteiger partial charge is 0.471 e. The predicted octanol–water partition coefficient (Wildman–Crippen LogP) is 4.92. The van der Waals surface area contributed by atoms with Crippen LogP contribution in [0.15, 0.2) is 59.6 Å². The van der Waals surface area contributed by atoms with Gasteiger partial charge in [-0.25, -0.2) is 13.9 Å². The topological polar surface area (TPSA) is 90.0 Å². The summed E-state index contributed by atoms with van der Waals surface area (Å²) < 4.78 is 34.0. The maximum absolute atomic E-state index is 13.7. The van der Waals surface area contributed by atoms with Gasteiger partial charge in [-0.05, 0) is 69.0 Å². The van der Waals surface area contributed by atoms with Crippen LogP contribution in [0.4, 0.5) is 5.69 Å². The molecule has 1 aromatic heterocycles. The fourth-order valence-corrected chi connectivity index (χ4v) is 6.21. The fourth-order valence-electron chi connectivity index (χ4n) is 4.83. The second-order valence-electron chi connectivity index (χ2n) is 10.1. The SMILES string of the molecule is C=S(=O)(N[C@H]1CC(C)(C)Oc2ncc(C(=O)N(CC)c3ccc4c(c3)OCO4)cc21)c1ccc(CC)cc1. The minimum Gasteiger partial charge on any atom is -0.471 e. The smallest absolute Gasteiger partial charge is 0.259 e. The summed E-state index contributed by atoms with van der Waals surface area (Å²) in [7, 11) is -2.84. The van der Waals surface area contributed by atoms with Crippen molar-refractivity contribution in [1.29, 1.82) is 0 Å². The van der Waals surface area contributed by atoms with Crippen LogP contribution in [-0.4, -0.2) is 39.9 Å². The summed E-state index contributed by atoms with van der Waals surface area (Å²) in [5.74, 6) is 5.50. The standard InChI is InChI=1S/C29H33N3O5S/c1-6-19-8-11-22(12-9-19)38(5,34)31-24-16-29(3,4)37-27-23(24)14-20(17-30-27)28(33)32(7-2)21-10-13-25-26(15-21)36-18-35-25/h8-15,17,24H,5-7,16,18H2,1-4H3,(H,31,34)/t24-,38?/m0/s1. The van der Waals surface area contributed by atoms with Gasteiger partial charge in [0, 0.05) is 41.4 Å². The molecule has 2 aromatic carbocycles. The van der Waals surface area contributed by atoms with E-state index in [1.54, 1.807) is 23.1 Å². The molecule has 1 N–H and O–H groups in total. The number of pyridine rings is 1.